The summed E-state index contributed by atoms with van der Waals surface area (Å²) >= 11 is 0. The van der Waals surface area contributed by atoms with Gasteiger partial charge in [0, 0.05) is 25.0 Å². The number of allylic oxidation sites excluding steroid dienone is 1. The van der Waals surface area contributed by atoms with Crippen LogP contribution in [-0.2, 0) is 14.3 Å². The first kappa shape index (κ1) is 28.6. The highest BCUT2D eigenvalue weighted by molar-refractivity contribution is 5.87. The van der Waals surface area contributed by atoms with Crippen LogP contribution in [0.2, 0.25) is 0 Å². The number of alkyl carbamates (subject to hydrolysis) is 1. The lowest BCUT2D eigenvalue weighted by molar-refractivity contribution is -0.136. The largest absolute Gasteiger partial charge is 0.453 e. The maximum atomic E-state index is 13.5. The molecule has 9 heteroatoms. The summed E-state index contributed by atoms with van der Waals surface area (Å²) in [5.74, 6) is -0.227. The fraction of sp³-hybridized carbons (Fsp3) is 0.323. The average molecular weight is 544 g/mol. The molecule has 2 amide bonds. The van der Waals surface area contributed by atoms with Crippen molar-refractivity contribution in [2.45, 2.75) is 44.9 Å². The molecule has 0 spiro atoms. The van der Waals surface area contributed by atoms with Crippen LogP contribution >= 0.6 is 0 Å². The van der Waals surface area contributed by atoms with Gasteiger partial charge in [-0.15, -0.1) is 0 Å². The number of amides is 2. The van der Waals surface area contributed by atoms with E-state index in [9.17, 15) is 9.59 Å². The Morgan fingerprint density at radius 1 is 1.10 bits per heavy atom. The van der Waals surface area contributed by atoms with Gasteiger partial charge in [-0.1, -0.05) is 61.2 Å². The number of benzene rings is 2. The van der Waals surface area contributed by atoms with Gasteiger partial charge in [0.25, 0.3) is 0 Å². The summed E-state index contributed by atoms with van der Waals surface area (Å²) in [5.41, 5.74) is 6.93. The summed E-state index contributed by atoms with van der Waals surface area (Å²) in [6.07, 6.45) is 5.88. The van der Waals surface area contributed by atoms with Crippen LogP contribution in [0, 0.1) is 0 Å². The second-order valence-corrected chi connectivity index (χ2v) is 9.72. The molecule has 2 aromatic carbocycles. The molecule has 1 fully saturated rings. The van der Waals surface area contributed by atoms with E-state index in [4.69, 9.17) is 9.47 Å². The van der Waals surface area contributed by atoms with Crippen molar-refractivity contribution in [1.29, 1.82) is 0 Å². The van der Waals surface area contributed by atoms with E-state index in [0.29, 0.717) is 6.54 Å². The molecular weight excluding hydrogens is 506 g/mol. The van der Waals surface area contributed by atoms with E-state index in [-0.39, 0.29) is 11.9 Å². The van der Waals surface area contributed by atoms with Crippen molar-refractivity contribution in [3.05, 3.63) is 85.0 Å². The molecule has 210 valence electrons. The Morgan fingerprint density at radius 3 is 2.33 bits per heavy atom. The highest BCUT2D eigenvalue weighted by Crippen LogP contribution is 2.28. The van der Waals surface area contributed by atoms with Gasteiger partial charge in [-0.2, -0.15) is 0 Å². The maximum Gasteiger partial charge on any atom is 0.407 e. The van der Waals surface area contributed by atoms with Crippen molar-refractivity contribution in [2.75, 3.05) is 20.8 Å². The fourth-order valence-electron chi connectivity index (χ4n) is 4.94. The predicted octanol–water partition coefficient (Wildman–Crippen LogP) is 4.96. The normalized spacial score (nSPS) is 16.8. The number of hydrogen-bond donors (Lipinski definition) is 3. The third kappa shape index (κ3) is 6.43. The lowest BCUT2D eigenvalue weighted by Gasteiger charge is -2.32. The number of carbonyl (C=O) groups excluding carboxylic acids is 2. The van der Waals surface area contributed by atoms with Crippen molar-refractivity contribution in [3.8, 4) is 22.4 Å². The van der Waals surface area contributed by atoms with Gasteiger partial charge >= 0.3 is 6.09 Å². The second-order valence-electron chi connectivity index (χ2n) is 9.72. The van der Waals surface area contributed by atoms with Crippen LogP contribution in [0.4, 0.5) is 4.79 Å². The number of methoxy groups -OCH3 is 2. The van der Waals surface area contributed by atoms with Crippen molar-refractivity contribution in [2.24, 2.45) is 0 Å². The third-order valence-electron chi connectivity index (χ3n) is 7.31. The number of H-pyrrole nitrogens is 1. The number of nitrogens with zero attached hydrogens (tertiary/aromatic N) is 2. The van der Waals surface area contributed by atoms with Gasteiger partial charge in [-0.3, -0.25) is 4.79 Å². The fourth-order valence-corrected chi connectivity index (χ4v) is 4.94. The molecule has 1 saturated heterocycles. The van der Waals surface area contributed by atoms with Gasteiger partial charge in [0.15, 0.2) is 0 Å². The summed E-state index contributed by atoms with van der Waals surface area (Å²) in [6.45, 7) is 8.56. The highest BCUT2D eigenvalue weighted by atomic mass is 16.5. The predicted molar refractivity (Wildman–Crippen MR) is 156 cm³/mol. The van der Waals surface area contributed by atoms with Gasteiger partial charge in [0.05, 0.1) is 37.5 Å². The Balaban J connectivity index is 1.44. The molecule has 1 aliphatic heterocycles. The highest BCUT2D eigenvalue weighted by Gasteiger charge is 2.38. The first-order valence-electron chi connectivity index (χ1n) is 13.4. The van der Waals surface area contributed by atoms with Gasteiger partial charge in [0.1, 0.15) is 6.04 Å². The minimum absolute atomic E-state index is 0.221. The zero-order valence-corrected chi connectivity index (χ0v) is 23.4. The number of imidazole rings is 1. The van der Waals surface area contributed by atoms with Crippen LogP contribution in [0.5, 0.6) is 0 Å². The van der Waals surface area contributed by atoms with Crippen LogP contribution in [0.15, 0.2) is 79.4 Å². The van der Waals surface area contributed by atoms with Crippen LogP contribution < -0.4 is 10.6 Å². The van der Waals surface area contributed by atoms with Gasteiger partial charge in [0.2, 0.25) is 5.91 Å². The molecule has 9 nitrogen and oxygen atoms in total. The Bertz CT molecular complexity index is 1330. The minimum atomic E-state index is -0.867. The molecule has 4 rings (SSSR count). The van der Waals surface area contributed by atoms with Crippen LogP contribution in [0.25, 0.3) is 28.1 Å². The van der Waals surface area contributed by atoms with Crippen molar-refractivity contribution in [1.82, 2.24) is 25.5 Å². The summed E-state index contributed by atoms with van der Waals surface area (Å²) in [7, 11) is 2.77. The van der Waals surface area contributed by atoms with Crippen molar-refractivity contribution >= 4 is 17.7 Å². The molecular formula is C31H37N5O4. The molecule has 3 aromatic rings. The zero-order chi connectivity index (χ0) is 28.6. The van der Waals surface area contributed by atoms with Crippen LogP contribution in [0.1, 0.15) is 32.3 Å². The molecule has 0 saturated carbocycles. The molecule has 40 heavy (non-hydrogen) atoms. The van der Waals surface area contributed by atoms with Gasteiger partial charge < -0.3 is 30.0 Å². The zero-order valence-electron chi connectivity index (χ0n) is 23.4. The van der Waals surface area contributed by atoms with E-state index in [1.54, 1.807) is 18.2 Å². The molecule has 1 aliphatic rings. The molecule has 3 N–H and O–H groups in total. The number of nitrogens with one attached hydrogen (secondary N) is 3. The monoisotopic (exact) mass is 543 g/mol. The summed E-state index contributed by atoms with van der Waals surface area (Å²) in [6, 6.07) is 15.6. The molecule has 0 bridgehead atoms. The number of rotatable bonds is 10. The van der Waals surface area contributed by atoms with Crippen molar-refractivity contribution in [3.63, 3.8) is 0 Å². The number of aromatic amines is 1. The first-order valence-corrected chi connectivity index (χ1v) is 13.4. The molecule has 0 aliphatic carbocycles. The Kier molecular flexibility index (Phi) is 9.39. The van der Waals surface area contributed by atoms with Gasteiger partial charge in [-0.25, -0.2) is 9.78 Å². The molecule has 0 radical (unpaired) electrons. The van der Waals surface area contributed by atoms with Crippen LogP contribution in [0.3, 0.4) is 0 Å². The van der Waals surface area contributed by atoms with E-state index < -0.39 is 18.2 Å². The van der Waals surface area contributed by atoms with E-state index in [2.05, 4.69) is 75.7 Å². The Hall–Kier alpha value is -4.37. The smallest absolute Gasteiger partial charge is 0.407 e. The number of ether oxygens (including phenoxy) is 2. The second kappa shape index (κ2) is 13.1. The third-order valence-corrected chi connectivity index (χ3v) is 7.31. The molecule has 3 atom stereocenters. The summed E-state index contributed by atoms with van der Waals surface area (Å²) < 4.78 is 10.1. The molecule has 1 aromatic heterocycles. The number of aromatic nitrogens is 2. The van der Waals surface area contributed by atoms with E-state index in [0.717, 1.165) is 52.2 Å². The Labute approximate surface area is 235 Å². The van der Waals surface area contributed by atoms with Gasteiger partial charge in [-0.05, 0) is 48.9 Å². The molecule has 2 heterocycles. The summed E-state index contributed by atoms with van der Waals surface area (Å²) in [5, 5.41) is 6.06. The van der Waals surface area contributed by atoms with Crippen LogP contribution in [-0.4, -0.2) is 65.8 Å². The Morgan fingerprint density at radius 2 is 1.75 bits per heavy atom. The lowest BCUT2D eigenvalue weighted by atomic mass is 10.0. The average Bonchev–Trinajstić information content (AvgIpc) is 3.71. The number of hydrogen-bond acceptors (Lipinski definition) is 6. The van der Waals surface area contributed by atoms with Crippen molar-refractivity contribution < 1.29 is 19.1 Å². The maximum absolute atomic E-state index is 13.5. The summed E-state index contributed by atoms with van der Waals surface area (Å²) in [4.78, 5) is 34.4. The minimum Gasteiger partial charge on any atom is -0.453 e. The lowest BCUT2D eigenvalue weighted by Crippen LogP contribution is -2.55. The first-order chi connectivity index (χ1) is 19.4. The molecule has 3 unspecified atom stereocenters. The topological polar surface area (TPSA) is 109 Å². The van der Waals surface area contributed by atoms with E-state index in [1.807, 2.05) is 19.2 Å². The van der Waals surface area contributed by atoms with E-state index in [1.165, 1.54) is 14.2 Å². The number of carbonyl (C=O) groups is 2. The standard InChI is InChI=1S/C31H37N5O4/c1-6-26(24-13-9-22(10-14-24)23-11-15-25(16-12-23)27-18-32-19-33-27)34-20(2)28-8-7-17-36(28)30(37)29(21(3)39-4)35-31(38)40-5/h6,9-16,18-19,21,28-29,34H,2,7-8,17H2,1,3-5H3,(H,32,33)(H,35,38)/b26-6-. The van der Waals surface area contributed by atoms with E-state index >= 15 is 0 Å². The SMILES string of the molecule is C=C(N/C(=C\C)c1ccc(-c2ccc(-c3cnc[nH]3)cc2)cc1)C1CCCN1C(=O)C(NC(=O)OC)C(C)OC. The number of likely N-dealkylation sites (tertiary alicyclic amines) is 1. The quantitative estimate of drug-likeness (QED) is 0.334.